The topological polar surface area (TPSA) is 75.4 Å². The number of aliphatic hydroxyl groups excluding tert-OH is 1. The third kappa shape index (κ3) is 4.37. The van der Waals surface area contributed by atoms with Crippen molar-refractivity contribution in [1.29, 1.82) is 0 Å². The Hall–Kier alpha value is -1.55. The highest BCUT2D eigenvalue weighted by Gasteiger charge is 2.08. The zero-order valence-electron chi connectivity index (χ0n) is 11.1. The molecule has 0 spiro atoms. The molecular formula is C14H22N2O2. The summed E-state index contributed by atoms with van der Waals surface area (Å²) < 4.78 is 0. The summed E-state index contributed by atoms with van der Waals surface area (Å²) in [7, 11) is 0. The minimum Gasteiger partial charge on any atom is -0.399 e. The number of nitrogens with one attached hydrogen (secondary N) is 1. The van der Waals surface area contributed by atoms with Crippen molar-refractivity contribution in [3.05, 3.63) is 29.3 Å². The van der Waals surface area contributed by atoms with Crippen molar-refractivity contribution in [2.75, 3.05) is 18.9 Å². The Bertz CT molecular complexity index is 405. The maximum absolute atomic E-state index is 11.9. The number of aliphatic hydroxyl groups is 1. The maximum atomic E-state index is 11.9. The molecule has 18 heavy (non-hydrogen) atoms. The van der Waals surface area contributed by atoms with E-state index >= 15 is 0 Å². The monoisotopic (exact) mass is 250 g/mol. The molecule has 0 aliphatic carbocycles. The Labute approximate surface area is 108 Å². The first-order chi connectivity index (χ1) is 8.54. The van der Waals surface area contributed by atoms with Crippen LogP contribution in [0.15, 0.2) is 18.2 Å². The molecule has 1 unspecified atom stereocenters. The van der Waals surface area contributed by atoms with Gasteiger partial charge in [-0.15, -0.1) is 0 Å². The molecule has 1 amide bonds. The number of nitrogen functional groups attached to an aromatic ring is 1. The SMILES string of the molecule is Cc1cc(N)ccc1C(=O)NCCCC(C)CO. The Balaban J connectivity index is 2.41. The lowest BCUT2D eigenvalue weighted by Gasteiger charge is -2.10. The molecule has 0 saturated carbocycles. The first-order valence-corrected chi connectivity index (χ1v) is 6.29. The van der Waals surface area contributed by atoms with Gasteiger partial charge in [0.2, 0.25) is 0 Å². The molecule has 0 radical (unpaired) electrons. The van der Waals surface area contributed by atoms with Gasteiger partial charge in [-0.1, -0.05) is 6.92 Å². The van der Waals surface area contributed by atoms with Crippen LogP contribution in [0.4, 0.5) is 5.69 Å². The molecule has 0 saturated heterocycles. The van der Waals surface area contributed by atoms with Gasteiger partial charge in [-0.05, 0) is 49.4 Å². The Morgan fingerprint density at radius 3 is 2.83 bits per heavy atom. The first-order valence-electron chi connectivity index (χ1n) is 6.29. The predicted molar refractivity (Wildman–Crippen MR) is 73.4 cm³/mol. The number of hydrogen-bond acceptors (Lipinski definition) is 3. The lowest BCUT2D eigenvalue weighted by Crippen LogP contribution is -2.25. The molecule has 1 aromatic rings. The fraction of sp³-hybridized carbons (Fsp3) is 0.500. The van der Waals surface area contributed by atoms with Crippen LogP contribution in [0, 0.1) is 12.8 Å². The summed E-state index contributed by atoms with van der Waals surface area (Å²) in [4.78, 5) is 11.9. The number of carbonyl (C=O) groups excluding carboxylic acids is 1. The zero-order chi connectivity index (χ0) is 13.5. The van der Waals surface area contributed by atoms with E-state index < -0.39 is 0 Å². The number of amides is 1. The van der Waals surface area contributed by atoms with Crippen molar-refractivity contribution >= 4 is 11.6 Å². The maximum Gasteiger partial charge on any atom is 0.251 e. The molecule has 0 bridgehead atoms. The van der Waals surface area contributed by atoms with Crippen LogP contribution in [0.25, 0.3) is 0 Å². The predicted octanol–water partition coefficient (Wildman–Crippen LogP) is 1.72. The second-order valence-corrected chi connectivity index (χ2v) is 4.76. The Morgan fingerprint density at radius 1 is 1.50 bits per heavy atom. The number of anilines is 1. The van der Waals surface area contributed by atoms with Crippen LogP contribution in [-0.4, -0.2) is 24.2 Å². The van der Waals surface area contributed by atoms with E-state index in [0.717, 1.165) is 18.4 Å². The van der Waals surface area contributed by atoms with E-state index in [4.69, 9.17) is 10.8 Å². The van der Waals surface area contributed by atoms with Gasteiger partial charge in [-0.25, -0.2) is 0 Å². The van der Waals surface area contributed by atoms with Crippen LogP contribution in [0.3, 0.4) is 0 Å². The molecule has 4 heteroatoms. The Morgan fingerprint density at radius 2 is 2.22 bits per heavy atom. The van der Waals surface area contributed by atoms with Gasteiger partial charge in [0.1, 0.15) is 0 Å². The highest BCUT2D eigenvalue weighted by atomic mass is 16.3. The average molecular weight is 250 g/mol. The van der Waals surface area contributed by atoms with Crippen molar-refractivity contribution in [3.63, 3.8) is 0 Å². The van der Waals surface area contributed by atoms with Crippen LogP contribution in [0.5, 0.6) is 0 Å². The molecule has 1 atom stereocenters. The van der Waals surface area contributed by atoms with Gasteiger partial charge in [0.05, 0.1) is 0 Å². The molecule has 0 heterocycles. The van der Waals surface area contributed by atoms with E-state index in [1.807, 2.05) is 13.8 Å². The molecule has 1 aromatic carbocycles. The second-order valence-electron chi connectivity index (χ2n) is 4.76. The summed E-state index contributed by atoms with van der Waals surface area (Å²) in [6, 6.07) is 5.27. The van der Waals surface area contributed by atoms with Gasteiger partial charge in [0, 0.05) is 24.4 Å². The highest BCUT2D eigenvalue weighted by molar-refractivity contribution is 5.95. The van der Waals surface area contributed by atoms with E-state index in [9.17, 15) is 4.79 Å². The molecule has 0 aromatic heterocycles. The van der Waals surface area contributed by atoms with Crippen LogP contribution >= 0.6 is 0 Å². The molecule has 4 N–H and O–H groups in total. The number of aryl methyl sites for hydroxylation is 1. The van der Waals surface area contributed by atoms with Crippen LogP contribution in [0.1, 0.15) is 35.7 Å². The minimum atomic E-state index is -0.0656. The third-order valence-corrected chi connectivity index (χ3v) is 2.97. The van der Waals surface area contributed by atoms with Crippen molar-refractivity contribution in [1.82, 2.24) is 5.32 Å². The fourth-order valence-corrected chi connectivity index (χ4v) is 1.78. The number of carbonyl (C=O) groups is 1. The summed E-state index contributed by atoms with van der Waals surface area (Å²) in [6.45, 7) is 4.70. The van der Waals surface area contributed by atoms with Gasteiger partial charge >= 0.3 is 0 Å². The van der Waals surface area contributed by atoms with Crippen LogP contribution in [0.2, 0.25) is 0 Å². The third-order valence-electron chi connectivity index (χ3n) is 2.97. The van der Waals surface area contributed by atoms with Crippen molar-refractivity contribution in [3.8, 4) is 0 Å². The average Bonchev–Trinajstić information content (AvgIpc) is 2.34. The number of nitrogens with two attached hydrogens (primary N) is 1. The van der Waals surface area contributed by atoms with E-state index in [1.54, 1.807) is 18.2 Å². The number of rotatable bonds is 6. The Kier molecular flexibility index (Phi) is 5.65. The van der Waals surface area contributed by atoms with Crippen molar-refractivity contribution in [2.45, 2.75) is 26.7 Å². The zero-order valence-corrected chi connectivity index (χ0v) is 11.1. The van der Waals surface area contributed by atoms with E-state index in [-0.39, 0.29) is 12.5 Å². The van der Waals surface area contributed by atoms with E-state index in [2.05, 4.69) is 5.32 Å². The van der Waals surface area contributed by atoms with Crippen molar-refractivity contribution < 1.29 is 9.90 Å². The molecule has 100 valence electrons. The van der Waals surface area contributed by atoms with Gasteiger partial charge in [-0.2, -0.15) is 0 Å². The summed E-state index contributed by atoms with van der Waals surface area (Å²) >= 11 is 0. The van der Waals surface area contributed by atoms with Gasteiger partial charge in [0.15, 0.2) is 0 Å². The van der Waals surface area contributed by atoms with E-state index in [1.165, 1.54) is 0 Å². The molecular weight excluding hydrogens is 228 g/mol. The van der Waals surface area contributed by atoms with Crippen molar-refractivity contribution in [2.24, 2.45) is 5.92 Å². The summed E-state index contributed by atoms with van der Waals surface area (Å²) in [5.41, 5.74) is 7.86. The van der Waals surface area contributed by atoms with Gasteiger partial charge < -0.3 is 16.2 Å². The number of hydrogen-bond donors (Lipinski definition) is 3. The lowest BCUT2D eigenvalue weighted by molar-refractivity contribution is 0.0951. The first kappa shape index (κ1) is 14.5. The van der Waals surface area contributed by atoms with Gasteiger partial charge in [-0.3, -0.25) is 4.79 Å². The number of benzene rings is 1. The molecule has 0 fully saturated rings. The molecule has 0 aliphatic rings. The molecule has 1 rings (SSSR count). The fourth-order valence-electron chi connectivity index (χ4n) is 1.78. The smallest absolute Gasteiger partial charge is 0.251 e. The highest BCUT2D eigenvalue weighted by Crippen LogP contribution is 2.12. The summed E-state index contributed by atoms with van der Waals surface area (Å²) in [6.07, 6.45) is 1.79. The second kappa shape index (κ2) is 7.01. The van der Waals surface area contributed by atoms with Crippen LogP contribution < -0.4 is 11.1 Å². The largest absolute Gasteiger partial charge is 0.399 e. The molecule has 0 aliphatic heterocycles. The summed E-state index contributed by atoms with van der Waals surface area (Å²) in [5, 5.41) is 11.8. The van der Waals surface area contributed by atoms with Gasteiger partial charge in [0.25, 0.3) is 5.91 Å². The normalized spacial score (nSPS) is 12.2. The standard InChI is InChI=1S/C14H22N2O2/c1-10(9-17)4-3-7-16-14(18)13-6-5-12(15)8-11(13)2/h5-6,8,10,17H,3-4,7,9,15H2,1-2H3,(H,16,18). The lowest BCUT2D eigenvalue weighted by atomic mass is 10.1. The minimum absolute atomic E-state index is 0.0656. The quantitative estimate of drug-likeness (QED) is 0.531. The summed E-state index contributed by atoms with van der Waals surface area (Å²) in [5.74, 6) is 0.226. The van der Waals surface area contributed by atoms with Crippen LogP contribution in [-0.2, 0) is 0 Å². The van der Waals surface area contributed by atoms with E-state index in [0.29, 0.717) is 23.7 Å². The molecule has 4 nitrogen and oxygen atoms in total.